The molecule has 2 aliphatic carbocycles. The van der Waals surface area contributed by atoms with E-state index >= 15 is 0 Å². The Morgan fingerprint density at radius 1 is 0.851 bits per heavy atom. The highest BCUT2D eigenvalue weighted by atomic mass is 32.2. The van der Waals surface area contributed by atoms with Crippen LogP contribution in [0.25, 0.3) is 0 Å². The Morgan fingerprint density at radius 3 is 2.06 bits per heavy atom. The molecule has 0 spiro atoms. The molecule has 0 radical (unpaired) electrons. The van der Waals surface area contributed by atoms with E-state index in [9.17, 15) is 38.4 Å². The zero-order chi connectivity index (χ0) is 34.7. The Bertz CT molecular complexity index is 1220. The third kappa shape index (κ3) is 9.46. The zero-order valence-corrected chi connectivity index (χ0v) is 27.9. The minimum atomic E-state index is -4.09. The van der Waals surface area contributed by atoms with E-state index < -0.39 is 83.3 Å². The number of amides is 2. The van der Waals surface area contributed by atoms with Gasteiger partial charge in [-0.3, -0.25) is 14.1 Å². The standard InChI is InChI=1S/C29H49N3O14S/c1-32(2,9-5-11-47(39,40)41)10-8-30-26(37)24-22(42-3)18(33)21(36)29(46-24)44-23-19(34)20(35)28(43-4)45-25(23)27(38)31-14-17-13-15-6-7-16(17)12-15/h6-7,15-25,28-29,33-36H,5,8-14H2,1-4H3,(H2-,30,31,37,38,39,40,41)/p+1/t15?,16?,17?,18-,19-,20-,21-,22+,23+,24?,25?,28?,29?/m1/s1. The molecular weight excluding hydrogens is 646 g/mol. The normalized spacial score (nSPS) is 38.8. The minimum absolute atomic E-state index is 0.110. The summed E-state index contributed by atoms with van der Waals surface area (Å²) in [5.41, 5.74) is 0. The van der Waals surface area contributed by atoms with Crippen LogP contribution in [0, 0.1) is 17.8 Å². The summed E-state index contributed by atoms with van der Waals surface area (Å²) in [5, 5.41) is 48.9. The summed E-state index contributed by atoms with van der Waals surface area (Å²) in [5.74, 6) is -0.682. The highest BCUT2D eigenvalue weighted by Crippen LogP contribution is 2.43. The predicted molar refractivity (Wildman–Crippen MR) is 162 cm³/mol. The van der Waals surface area contributed by atoms with Crippen LogP contribution in [0.1, 0.15) is 19.3 Å². The zero-order valence-electron chi connectivity index (χ0n) is 27.1. The fraction of sp³-hybridized carbons (Fsp3) is 0.862. The predicted octanol–water partition coefficient (Wildman–Crippen LogP) is -3.27. The van der Waals surface area contributed by atoms with Gasteiger partial charge < -0.3 is 59.2 Å². The Hall–Kier alpha value is -1.81. The van der Waals surface area contributed by atoms with Gasteiger partial charge >= 0.3 is 0 Å². The molecule has 2 heterocycles. The topological polar surface area (TPSA) is 240 Å². The largest absolute Gasteiger partial charge is 0.387 e. The number of hydrogen-bond donors (Lipinski definition) is 7. The summed E-state index contributed by atoms with van der Waals surface area (Å²) in [6.45, 7) is 1.22. The molecule has 0 aromatic carbocycles. The Kier molecular flexibility index (Phi) is 12.8. The van der Waals surface area contributed by atoms with Gasteiger partial charge in [-0.05, 0) is 30.6 Å². The van der Waals surface area contributed by atoms with Gasteiger partial charge in [0.15, 0.2) is 24.8 Å². The van der Waals surface area contributed by atoms with Crippen LogP contribution in [0.3, 0.4) is 0 Å². The van der Waals surface area contributed by atoms with Gasteiger partial charge in [-0.2, -0.15) is 8.42 Å². The van der Waals surface area contributed by atoms with Crippen molar-refractivity contribution in [1.29, 1.82) is 0 Å². The van der Waals surface area contributed by atoms with Crippen molar-refractivity contribution in [2.45, 2.75) is 80.7 Å². The van der Waals surface area contributed by atoms with Gasteiger partial charge in [0.1, 0.15) is 36.6 Å². The fourth-order valence-electron chi connectivity index (χ4n) is 6.80. The number of likely N-dealkylation sites (N-methyl/N-ethyl adjacent to an activating group) is 1. The number of methoxy groups -OCH3 is 2. The Labute approximate surface area is 274 Å². The quantitative estimate of drug-likeness (QED) is 0.0505. The average molecular weight is 697 g/mol. The molecule has 17 nitrogen and oxygen atoms in total. The lowest BCUT2D eigenvalue weighted by Crippen LogP contribution is -2.67. The Balaban J connectivity index is 1.41. The number of carbonyl (C=O) groups is 2. The molecule has 7 N–H and O–H groups in total. The molecule has 13 atom stereocenters. The molecule has 3 fully saturated rings. The van der Waals surface area contributed by atoms with Crippen molar-refractivity contribution in [1.82, 2.24) is 10.6 Å². The molecule has 47 heavy (non-hydrogen) atoms. The van der Waals surface area contributed by atoms with E-state index in [2.05, 4.69) is 22.8 Å². The lowest BCUT2D eigenvalue weighted by molar-refractivity contribution is -0.889. The summed E-state index contributed by atoms with van der Waals surface area (Å²) in [6, 6.07) is 0. The minimum Gasteiger partial charge on any atom is -0.387 e. The molecule has 2 saturated heterocycles. The molecule has 1 saturated carbocycles. The van der Waals surface area contributed by atoms with Crippen molar-refractivity contribution in [2.75, 3.05) is 60.2 Å². The number of aliphatic hydroxyl groups excluding tert-OH is 4. The number of quaternary nitrogens is 1. The second-order valence-electron chi connectivity index (χ2n) is 13.4. The van der Waals surface area contributed by atoms with Gasteiger partial charge in [0.25, 0.3) is 21.9 Å². The molecular formula is C29H50N3O14S+. The second-order valence-corrected chi connectivity index (χ2v) is 15.0. The van der Waals surface area contributed by atoms with Crippen LogP contribution >= 0.6 is 0 Å². The number of nitrogens with one attached hydrogen (secondary N) is 2. The highest BCUT2D eigenvalue weighted by molar-refractivity contribution is 7.85. The van der Waals surface area contributed by atoms with Crippen LogP contribution in [0.5, 0.6) is 0 Å². The summed E-state index contributed by atoms with van der Waals surface area (Å²) in [6.07, 6.45) is -9.49. The number of fused-ring (bicyclic) bond motifs is 2. The van der Waals surface area contributed by atoms with Crippen LogP contribution in [0.4, 0.5) is 0 Å². The number of nitrogens with zero attached hydrogens (tertiary/aromatic N) is 1. The van der Waals surface area contributed by atoms with Crippen molar-refractivity contribution in [3.8, 4) is 0 Å². The molecule has 270 valence electrons. The highest BCUT2D eigenvalue weighted by Gasteiger charge is 2.54. The number of aliphatic hydroxyl groups is 4. The summed E-state index contributed by atoms with van der Waals surface area (Å²) in [7, 11) is 1.99. The first-order chi connectivity index (χ1) is 22.0. The first kappa shape index (κ1) is 38.0. The molecule has 0 aromatic heterocycles. The number of rotatable bonds is 15. The molecule has 0 aromatic rings. The molecule has 7 unspecified atom stereocenters. The maximum absolute atomic E-state index is 13.4. The molecule has 18 heteroatoms. The SMILES string of the molecule is COC1OC(C(=O)NCC2CC3C=CC2C3)[C@@H](OC2OC(C(=O)NCC[N+](C)(C)CCCS(=O)(=O)O)[C@@H](OC)[C@H](O)[C@H]2O)[C@H](O)[C@H]1O. The average Bonchev–Trinajstić information content (AvgIpc) is 3.63. The lowest BCUT2D eigenvalue weighted by atomic mass is 9.93. The maximum Gasteiger partial charge on any atom is 0.265 e. The van der Waals surface area contributed by atoms with Gasteiger partial charge in [0, 0.05) is 27.2 Å². The third-order valence-corrected chi connectivity index (χ3v) is 10.3. The van der Waals surface area contributed by atoms with Crippen LogP contribution in [0.2, 0.25) is 0 Å². The summed E-state index contributed by atoms with van der Waals surface area (Å²) < 4.78 is 59.0. The lowest BCUT2D eigenvalue weighted by Gasteiger charge is -2.46. The van der Waals surface area contributed by atoms with Gasteiger partial charge in [-0.15, -0.1) is 0 Å². The number of carbonyl (C=O) groups excluding carboxylic acids is 2. The smallest absolute Gasteiger partial charge is 0.265 e. The van der Waals surface area contributed by atoms with E-state index in [1.807, 2.05) is 14.1 Å². The maximum atomic E-state index is 13.4. The molecule has 4 aliphatic rings. The fourth-order valence-corrected chi connectivity index (χ4v) is 7.30. The van der Waals surface area contributed by atoms with Gasteiger partial charge in [0.2, 0.25) is 0 Å². The summed E-state index contributed by atoms with van der Waals surface area (Å²) in [4.78, 5) is 26.6. The van der Waals surface area contributed by atoms with Crippen LogP contribution in [0.15, 0.2) is 12.2 Å². The van der Waals surface area contributed by atoms with Gasteiger partial charge in [0.05, 0.1) is 39.5 Å². The summed E-state index contributed by atoms with van der Waals surface area (Å²) >= 11 is 0. The van der Waals surface area contributed by atoms with Crippen molar-refractivity contribution in [2.24, 2.45) is 17.8 Å². The Morgan fingerprint density at radius 2 is 1.47 bits per heavy atom. The monoisotopic (exact) mass is 696 g/mol. The van der Waals surface area contributed by atoms with E-state index in [4.69, 9.17) is 28.2 Å². The molecule has 2 bridgehead atoms. The molecule has 2 amide bonds. The number of hydrogen-bond acceptors (Lipinski definition) is 13. The third-order valence-electron chi connectivity index (χ3n) is 9.54. The van der Waals surface area contributed by atoms with Crippen molar-refractivity contribution in [3.63, 3.8) is 0 Å². The van der Waals surface area contributed by atoms with Crippen LogP contribution in [-0.4, -0.2) is 171 Å². The van der Waals surface area contributed by atoms with E-state index in [-0.39, 0.29) is 24.6 Å². The van der Waals surface area contributed by atoms with Crippen molar-refractivity contribution < 1.29 is 71.2 Å². The van der Waals surface area contributed by atoms with Gasteiger partial charge in [-0.25, -0.2) is 0 Å². The van der Waals surface area contributed by atoms with E-state index in [1.54, 1.807) is 0 Å². The first-order valence-corrected chi connectivity index (χ1v) is 17.4. The van der Waals surface area contributed by atoms with Crippen molar-refractivity contribution >= 4 is 21.9 Å². The van der Waals surface area contributed by atoms with Crippen molar-refractivity contribution in [3.05, 3.63) is 12.2 Å². The van der Waals surface area contributed by atoms with Crippen LogP contribution in [-0.2, 0) is 43.4 Å². The second kappa shape index (κ2) is 15.8. The van der Waals surface area contributed by atoms with E-state index in [0.29, 0.717) is 36.0 Å². The number of allylic oxidation sites excluding steroid dienone is 2. The van der Waals surface area contributed by atoms with Gasteiger partial charge in [-0.1, -0.05) is 12.2 Å². The first-order valence-electron chi connectivity index (χ1n) is 15.8. The van der Waals surface area contributed by atoms with E-state index in [1.165, 1.54) is 14.2 Å². The van der Waals surface area contributed by atoms with Crippen LogP contribution < -0.4 is 10.6 Å². The van der Waals surface area contributed by atoms with E-state index in [0.717, 1.165) is 12.8 Å². The molecule has 4 rings (SSSR count). The molecule has 2 aliphatic heterocycles. The number of ether oxygens (including phenoxy) is 5.